The van der Waals surface area contributed by atoms with E-state index >= 15 is 0 Å². The third kappa shape index (κ3) is 5.38. The highest BCUT2D eigenvalue weighted by Gasteiger charge is 2.24. The van der Waals surface area contributed by atoms with Gasteiger partial charge in [-0.15, -0.1) is 0 Å². The van der Waals surface area contributed by atoms with Crippen molar-refractivity contribution >= 4 is 40.3 Å². The second-order valence-corrected chi connectivity index (χ2v) is 8.53. The van der Waals surface area contributed by atoms with Crippen LogP contribution in [0.4, 0.5) is 22.7 Å². The molecule has 2 saturated heterocycles. The molecule has 9 nitrogen and oxygen atoms in total. The molecule has 2 fully saturated rings. The topological polar surface area (TPSA) is 91.2 Å². The molecule has 2 aliphatic rings. The Hall–Kier alpha value is -2.88. The van der Waals surface area contributed by atoms with E-state index in [0.717, 1.165) is 38.4 Å². The molecule has 1 N–H and O–H groups in total. The number of piperazine rings is 1. The lowest BCUT2D eigenvalue weighted by Gasteiger charge is -2.36. The lowest BCUT2D eigenvalue weighted by Crippen LogP contribution is -2.46. The van der Waals surface area contributed by atoms with Gasteiger partial charge < -0.3 is 24.8 Å². The van der Waals surface area contributed by atoms with Crippen molar-refractivity contribution in [1.82, 2.24) is 4.90 Å². The number of carbonyl (C=O) groups excluding carboxylic acids is 1. The Balaban J connectivity index is 1.63. The largest absolute Gasteiger partial charge is 0.378 e. The van der Waals surface area contributed by atoms with Gasteiger partial charge in [0.1, 0.15) is 0 Å². The summed E-state index contributed by atoms with van der Waals surface area (Å²) in [5, 5.41) is 14.9. The highest BCUT2D eigenvalue weighted by atomic mass is 35.5. The third-order valence-electron chi connectivity index (χ3n) is 6.15. The van der Waals surface area contributed by atoms with Crippen LogP contribution < -0.4 is 15.1 Å². The number of anilines is 3. The Morgan fingerprint density at radius 2 is 1.70 bits per heavy atom. The number of morpholine rings is 1. The third-order valence-corrected chi connectivity index (χ3v) is 6.39. The van der Waals surface area contributed by atoms with E-state index in [1.54, 1.807) is 12.1 Å². The smallest absolute Gasteiger partial charge is 0.270 e. The van der Waals surface area contributed by atoms with Crippen LogP contribution in [0.1, 0.15) is 17.3 Å². The second-order valence-electron chi connectivity index (χ2n) is 8.09. The average Bonchev–Trinajstić information content (AvgIpc) is 2.84. The number of hydrogen-bond acceptors (Lipinski definition) is 7. The Morgan fingerprint density at radius 1 is 1.03 bits per heavy atom. The molecule has 0 atom stereocenters. The van der Waals surface area contributed by atoms with Gasteiger partial charge in [0, 0.05) is 56.4 Å². The molecule has 4 rings (SSSR count). The minimum absolute atomic E-state index is 0.126. The van der Waals surface area contributed by atoms with Crippen molar-refractivity contribution in [3.05, 3.63) is 57.1 Å². The van der Waals surface area contributed by atoms with E-state index in [2.05, 4.69) is 22.0 Å². The number of carbonyl (C=O) groups is 1. The van der Waals surface area contributed by atoms with Crippen molar-refractivity contribution in [2.24, 2.45) is 0 Å². The van der Waals surface area contributed by atoms with Crippen molar-refractivity contribution in [3.63, 3.8) is 0 Å². The van der Waals surface area contributed by atoms with Crippen molar-refractivity contribution in [2.75, 3.05) is 74.1 Å². The highest BCUT2D eigenvalue weighted by Crippen LogP contribution is 2.32. The van der Waals surface area contributed by atoms with Gasteiger partial charge >= 0.3 is 0 Å². The number of non-ortho nitro benzene ring substituents is 1. The van der Waals surface area contributed by atoms with E-state index in [-0.39, 0.29) is 11.3 Å². The predicted molar refractivity (Wildman–Crippen MR) is 130 cm³/mol. The first kappa shape index (κ1) is 23.3. The van der Waals surface area contributed by atoms with Gasteiger partial charge in [-0.2, -0.15) is 0 Å². The molecular weight excluding hydrogens is 446 g/mol. The summed E-state index contributed by atoms with van der Waals surface area (Å²) < 4.78 is 5.42. The number of amides is 1. The maximum atomic E-state index is 13.4. The van der Waals surface area contributed by atoms with Crippen molar-refractivity contribution in [3.8, 4) is 0 Å². The minimum atomic E-state index is -0.488. The second kappa shape index (κ2) is 10.4. The SMILES string of the molecule is CCN1CCN(c2ccc(Cl)cc2NC(=O)c2cc([N+](=O)[O-])ccc2N2CCOCC2)CC1. The van der Waals surface area contributed by atoms with Crippen molar-refractivity contribution < 1.29 is 14.5 Å². The standard InChI is InChI=1S/C23H28ClN5O4/c1-2-26-7-9-27(10-8-26)22-5-3-17(24)15-20(22)25-23(30)19-16-18(29(31)32)4-6-21(19)28-11-13-33-14-12-28/h3-6,15-16H,2,7-14H2,1H3,(H,25,30). The van der Waals surface area contributed by atoms with Crippen LogP contribution in [-0.4, -0.2) is 74.8 Å². The summed E-state index contributed by atoms with van der Waals surface area (Å²) in [6.07, 6.45) is 0. The molecule has 0 spiro atoms. The Labute approximate surface area is 198 Å². The number of likely N-dealkylation sites (N-methyl/N-ethyl adjacent to an activating group) is 1. The van der Waals surface area contributed by atoms with Crippen molar-refractivity contribution in [2.45, 2.75) is 6.92 Å². The number of rotatable bonds is 6. The molecular formula is C23H28ClN5O4. The fraction of sp³-hybridized carbons (Fsp3) is 0.435. The fourth-order valence-corrected chi connectivity index (χ4v) is 4.45. The summed E-state index contributed by atoms with van der Waals surface area (Å²) in [4.78, 5) is 31.0. The van der Waals surface area contributed by atoms with Crippen LogP contribution >= 0.6 is 11.6 Å². The number of ether oxygens (including phenoxy) is 1. The molecule has 0 unspecified atom stereocenters. The normalized spacial score (nSPS) is 17.2. The first-order valence-corrected chi connectivity index (χ1v) is 11.5. The van der Waals surface area contributed by atoms with Crippen LogP contribution in [-0.2, 0) is 4.74 Å². The summed E-state index contributed by atoms with van der Waals surface area (Å²) in [7, 11) is 0. The highest BCUT2D eigenvalue weighted by molar-refractivity contribution is 6.31. The molecule has 176 valence electrons. The zero-order valence-electron chi connectivity index (χ0n) is 18.6. The Bertz CT molecular complexity index is 1020. The van der Waals surface area contributed by atoms with Gasteiger partial charge in [0.05, 0.1) is 40.8 Å². The zero-order chi connectivity index (χ0) is 23.4. The van der Waals surface area contributed by atoms with Gasteiger partial charge in [-0.25, -0.2) is 0 Å². The molecule has 33 heavy (non-hydrogen) atoms. The molecule has 0 aliphatic carbocycles. The number of hydrogen-bond donors (Lipinski definition) is 1. The summed E-state index contributed by atoms with van der Waals surface area (Å²) in [6, 6.07) is 9.86. The maximum Gasteiger partial charge on any atom is 0.270 e. The first-order valence-electron chi connectivity index (χ1n) is 11.2. The van der Waals surface area contributed by atoms with E-state index in [4.69, 9.17) is 16.3 Å². The van der Waals surface area contributed by atoms with Crippen LogP contribution in [0.15, 0.2) is 36.4 Å². The van der Waals surface area contributed by atoms with E-state index in [1.807, 2.05) is 17.0 Å². The number of benzene rings is 2. The Morgan fingerprint density at radius 3 is 2.36 bits per heavy atom. The van der Waals surface area contributed by atoms with E-state index in [0.29, 0.717) is 42.7 Å². The zero-order valence-corrected chi connectivity index (χ0v) is 19.4. The van der Waals surface area contributed by atoms with E-state index < -0.39 is 10.8 Å². The molecule has 2 heterocycles. The van der Waals surface area contributed by atoms with Gasteiger partial charge in [0.25, 0.3) is 11.6 Å². The number of nitrogens with zero attached hydrogens (tertiary/aromatic N) is 4. The lowest BCUT2D eigenvalue weighted by atomic mass is 10.1. The van der Waals surface area contributed by atoms with Gasteiger partial charge in [0.2, 0.25) is 0 Å². The quantitative estimate of drug-likeness (QED) is 0.507. The number of nitrogens with one attached hydrogen (secondary N) is 1. The first-order chi connectivity index (χ1) is 16.0. The molecule has 2 aromatic rings. The summed E-state index contributed by atoms with van der Waals surface area (Å²) >= 11 is 6.26. The molecule has 10 heteroatoms. The summed E-state index contributed by atoms with van der Waals surface area (Å²) in [6.45, 7) is 9.04. The van der Waals surface area contributed by atoms with Gasteiger partial charge in [-0.05, 0) is 30.8 Å². The molecule has 0 bridgehead atoms. The molecule has 0 saturated carbocycles. The van der Waals surface area contributed by atoms with Crippen molar-refractivity contribution in [1.29, 1.82) is 0 Å². The summed E-state index contributed by atoms with van der Waals surface area (Å²) in [5.74, 6) is -0.407. The van der Waals surface area contributed by atoms with Crippen LogP contribution in [0, 0.1) is 10.1 Å². The fourth-order valence-electron chi connectivity index (χ4n) is 4.28. The number of nitro benzene ring substituents is 1. The molecule has 1 amide bonds. The maximum absolute atomic E-state index is 13.4. The van der Waals surface area contributed by atoms with Gasteiger partial charge in [-0.3, -0.25) is 14.9 Å². The van der Waals surface area contributed by atoms with Gasteiger partial charge in [-0.1, -0.05) is 18.5 Å². The van der Waals surface area contributed by atoms with Crippen LogP contribution in [0.3, 0.4) is 0 Å². The molecule has 2 aliphatic heterocycles. The molecule has 0 aromatic heterocycles. The van der Waals surface area contributed by atoms with Crippen LogP contribution in [0.25, 0.3) is 0 Å². The molecule has 0 radical (unpaired) electrons. The van der Waals surface area contributed by atoms with E-state index in [9.17, 15) is 14.9 Å². The number of nitro groups is 1. The predicted octanol–water partition coefficient (Wildman–Crippen LogP) is 3.48. The average molecular weight is 474 g/mol. The minimum Gasteiger partial charge on any atom is -0.378 e. The Kier molecular flexibility index (Phi) is 7.32. The molecule has 2 aromatic carbocycles. The monoisotopic (exact) mass is 473 g/mol. The number of halogens is 1. The lowest BCUT2D eigenvalue weighted by molar-refractivity contribution is -0.384. The summed E-state index contributed by atoms with van der Waals surface area (Å²) in [5.41, 5.74) is 2.27. The van der Waals surface area contributed by atoms with Gasteiger partial charge in [0.15, 0.2) is 0 Å². The van der Waals surface area contributed by atoms with E-state index in [1.165, 1.54) is 12.1 Å². The van der Waals surface area contributed by atoms with Crippen LogP contribution in [0.2, 0.25) is 5.02 Å². The van der Waals surface area contributed by atoms with Crippen LogP contribution in [0.5, 0.6) is 0 Å².